The van der Waals surface area contributed by atoms with E-state index in [0.717, 1.165) is 18.8 Å². The Morgan fingerprint density at radius 1 is 1.38 bits per heavy atom. The normalized spacial score (nSPS) is 16.1. The lowest BCUT2D eigenvalue weighted by atomic mass is 9.84. The van der Waals surface area contributed by atoms with Crippen LogP contribution in [0, 0.1) is 18.8 Å². The van der Waals surface area contributed by atoms with Crippen molar-refractivity contribution >= 4 is 18.3 Å². The molecule has 1 unspecified atom stereocenters. The van der Waals surface area contributed by atoms with Crippen molar-refractivity contribution < 1.29 is 9.53 Å². The molecule has 24 heavy (non-hydrogen) atoms. The molecule has 2 rings (SSSR count). The molecule has 1 aromatic carbocycles. The van der Waals surface area contributed by atoms with Gasteiger partial charge in [0, 0.05) is 13.5 Å². The van der Waals surface area contributed by atoms with Gasteiger partial charge in [0.1, 0.15) is 12.4 Å². The van der Waals surface area contributed by atoms with Crippen LogP contribution in [-0.4, -0.2) is 44.1 Å². The van der Waals surface area contributed by atoms with Crippen LogP contribution in [0.3, 0.4) is 0 Å². The Labute approximate surface area is 152 Å². The summed E-state index contributed by atoms with van der Waals surface area (Å²) in [4.78, 5) is 14.1. The second-order valence-corrected chi connectivity index (χ2v) is 6.75. The Hall–Kier alpha value is -1.26. The predicted molar refractivity (Wildman–Crippen MR) is 101 cm³/mol. The third kappa shape index (κ3) is 6.70. The van der Waals surface area contributed by atoms with Crippen molar-refractivity contribution in [1.82, 2.24) is 10.2 Å². The molecule has 0 aliphatic carbocycles. The Bertz CT molecular complexity index is 504. The fraction of sp³-hybridized carbons (Fsp3) is 0.632. The molecule has 5 heteroatoms. The first-order valence-corrected chi connectivity index (χ1v) is 8.70. The number of nitrogens with zero attached hydrogens (tertiary/aromatic N) is 1. The van der Waals surface area contributed by atoms with Crippen LogP contribution in [0.25, 0.3) is 0 Å². The number of carbonyl (C=O) groups excluding carboxylic acids is 1. The fourth-order valence-corrected chi connectivity index (χ4v) is 3.14. The van der Waals surface area contributed by atoms with Gasteiger partial charge in [-0.2, -0.15) is 0 Å². The highest BCUT2D eigenvalue weighted by Gasteiger charge is 2.23. The number of nitrogens with one attached hydrogen (secondary N) is 1. The molecule has 1 aliphatic rings. The van der Waals surface area contributed by atoms with Crippen molar-refractivity contribution in [1.29, 1.82) is 0 Å². The molecule has 1 saturated heterocycles. The summed E-state index contributed by atoms with van der Waals surface area (Å²) in [5.74, 6) is 2.24. The largest absolute Gasteiger partial charge is 0.492 e. The van der Waals surface area contributed by atoms with E-state index in [1.807, 2.05) is 38.2 Å². The van der Waals surface area contributed by atoms with E-state index in [0.29, 0.717) is 31.4 Å². The minimum atomic E-state index is 0. The maximum absolute atomic E-state index is 12.3. The molecule has 1 fully saturated rings. The van der Waals surface area contributed by atoms with Gasteiger partial charge in [-0.15, -0.1) is 12.4 Å². The average Bonchev–Trinajstić information content (AvgIpc) is 2.55. The van der Waals surface area contributed by atoms with Gasteiger partial charge in [0.2, 0.25) is 5.91 Å². The number of carbonyl (C=O) groups is 1. The van der Waals surface area contributed by atoms with E-state index in [2.05, 4.69) is 12.2 Å². The van der Waals surface area contributed by atoms with E-state index in [4.69, 9.17) is 4.74 Å². The number of rotatable bonds is 7. The highest BCUT2D eigenvalue weighted by molar-refractivity contribution is 5.85. The second kappa shape index (κ2) is 10.6. The van der Waals surface area contributed by atoms with E-state index >= 15 is 0 Å². The number of hydrogen-bond acceptors (Lipinski definition) is 3. The summed E-state index contributed by atoms with van der Waals surface area (Å²) in [5, 5.41) is 3.38. The molecule has 0 aromatic heterocycles. The van der Waals surface area contributed by atoms with Gasteiger partial charge < -0.3 is 15.0 Å². The van der Waals surface area contributed by atoms with Gasteiger partial charge in [-0.05, 0) is 62.4 Å². The van der Waals surface area contributed by atoms with Crippen molar-refractivity contribution in [3.05, 3.63) is 29.8 Å². The van der Waals surface area contributed by atoms with Crippen LogP contribution in [0.4, 0.5) is 0 Å². The summed E-state index contributed by atoms with van der Waals surface area (Å²) in [6.07, 6.45) is 3.02. The van der Waals surface area contributed by atoms with Crippen LogP contribution in [-0.2, 0) is 4.79 Å². The zero-order valence-electron chi connectivity index (χ0n) is 15.1. The minimum absolute atomic E-state index is 0. The molecule has 1 heterocycles. The van der Waals surface area contributed by atoms with Crippen molar-refractivity contribution in [2.24, 2.45) is 11.8 Å². The molecule has 4 nitrogen and oxygen atoms in total. The number of ether oxygens (including phenoxy) is 1. The maximum Gasteiger partial charge on any atom is 0.222 e. The van der Waals surface area contributed by atoms with E-state index in [1.54, 1.807) is 4.90 Å². The number of benzene rings is 1. The second-order valence-electron chi connectivity index (χ2n) is 6.75. The summed E-state index contributed by atoms with van der Waals surface area (Å²) < 4.78 is 5.73. The smallest absolute Gasteiger partial charge is 0.222 e. The lowest BCUT2D eigenvalue weighted by Gasteiger charge is -2.29. The van der Waals surface area contributed by atoms with E-state index in [-0.39, 0.29) is 18.3 Å². The van der Waals surface area contributed by atoms with Crippen LogP contribution in [0.5, 0.6) is 5.75 Å². The monoisotopic (exact) mass is 354 g/mol. The number of likely N-dealkylation sites (N-methyl/N-ethyl adjacent to an activating group) is 1. The summed E-state index contributed by atoms with van der Waals surface area (Å²) in [6.45, 7) is 7.60. The van der Waals surface area contributed by atoms with Gasteiger partial charge in [0.25, 0.3) is 0 Å². The first-order valence-electron chi connectivity index (χ1n) is 8.70. The standard InChI is InChI=1S/C19H30N2O2.ClH/c1-15-5-4-6-18(13-15)23-12-11-21(3)19(22)14-16(2)17-7-9-20-10-8-17;/h4-6,13,16-17,20H,7-12,14H2,1-3H3;1H. The summed E-state index contributed by atoms with van der Waals surface area (Å²) >= 11 is 0. The predicted octanol–water partition coefficient (Wildman–Crippen LogP) is 3.28. The summed E-state index contributed by atoms with van der Waals surface area (Å²) in [6, 6.07) is 8.00. The Balaban J connectivity index is 0.00000288. The van der Waals surface area contributed by atoms with Gasteiger partial charge in [0.05, 0.1) is 6.54 Å². The minimum Gasteiger partial charge on any atom is -0.492 e. The van der Waals surface area contributed by atoms with Gasteiger partial charge in [-0.25, -0.2) is 0 Å². The molecule has 136 valence electrons. The van der Waals surface area contributed by atoms with Crippen LogP contribution in [0.1, 0.15) is 31.7 Å². The number of hydrogen-bond donors (Lipinski definition) is 1. The molecule has 0 saturated carbocycles. The summed E-state index contributed by atoms with van der Waals surface area (Å²) in [5.41, 5.74) is 1.18. The highest BCUT2D eigenvalue weighted by Crippen LogP contribution is 2.24. The maximum atomic E-state index is 12.3. The van der Waals surface area contributed by atoms with Crippen molar-refractivity contribution in [3.8, 4) is 5.75 Å². The SMILES string of the molecule is Cc1cccc(OCCN(C)C(=O)CC(C)C2CCNCC2)c1.Cl. The van der Waals surface area contributed by atoms with E-state index in [9.17, 15) is 4.79 Å². The van der Waals surface area contributed by atoms with E-state index in [1.165, 1.54) is 18.4 Å². The Kier molecular flexibility index (Phi) is 9.16. The van der Waals surface area contributed by atoms with Crippen LogP contribution in [0.2, 0.25) is 0 Å². The zero-order valence-corrected chi connectivity index (χ0v) is 15.9. The van der Waals surface area contributed by atoms with Crippen LogP contribution < -0.4 is 10.1 Å². The lowest BCUT2D eigenvalue weighted by molar-refractivity contribution is -0.131. The van der Waals surface area contributed by atoms with Gasteiger partial charge in [-0.3, -0.25) is 4.79 Å². The number of aryl methyl sites for hydroxylation is 1. The zero-order chi connectivity index (χ0) is 16.7. The third-order valence-corrected chi connectivity index (χ3v) is 4.80. The van der Waals surface area contributed by atoms with Crippen LogP contribution >= 0.6 is 12.4 Å². The van der Waals surface area contributed by atoms with Crippen molar-refractivity contribution in [2.75, 3.05) is 33.3 Å². The molecule has 1 amide bonds. The molecular weight excluding hydrogens is 324 g/mol. The lowest BCUT2D eigenvalue weighted by Crippen LogP contribution is -2.35. The molecule has 1 N–H and O–H groups in total. The van der Waals surface area contributed by atoms with Crippen molar-refractivity contribution in [2.45, 2.75) is 33.1 Å². The summed E-state index contributed by atoms with van der Waals surface area (Å²) in [7, 11) is 1.87. The topological polar surface area (TPSA) is 41.6 Å². The molecular formula is C19H31ClN2O2. The number of amides is 1. The number of piperidine rings is 1. The highest BCUT2D eigenvalue weighted by atomic mass is 35.5. The molecule has 1 aliphatic heterocycles. The Morgan fingerprint density at radius 3 is 2.75 bits per heavy atom. The first kappa shape index (κ1) is 20.8. The number of halogens is 1. The van der Waals surface area contributed by atoms with Crippen molar-refractivity contribution in [3.63, 3.8) is 0 Å². The molecule has 0 bridgehead atoms. The molecule has 0 spiro atoms. The van der Waals surface area contributed by atoms with Crippen LogP contribution in [0.15, 0.2) is 24.3 Å². The first-order chi connectivity index (χ1) is 11.1. The molecule has 1 aromatic rings. The van der Waals surface area contributed by atoms with Gasteiger partial charge in [-0.1, -0.05) is 19.1 Å². The third-order valence-electron chi connectivity index (χ3n) is 4.80. The van der Waals surface area contributed by atoms with E-state index < -0.39 is 0 Å². The quantitative estimate of drug-likeness (QED) is 0.817. The van der Waals surface area contributed by atoms with Gasteiger partial charge in [0.15, 0.2) is 0 Å². The van der Waals surface area contributed by atoms with Gasteiger partial charge >= 0.3 is 0 Å². The molecule has 0 radical (unpaired) electrons. The fourth-order valence-electron chi connectivity index (χ4n) is 3.14. The average molecular weight is 355 g/mol. The molecule has 1 atom stereocenters. The Morgan fingerprint density at radius 2 is 2.08 bits per heavy atom.